The van der Waals surface area contributed by atoms with E-state index in [0.717, 1.165) is 24.9 Å². The first-order valence-electron chi connectivity index (χ1n) is 8.32. The van der Waals surface area contributed by atoms with Crippen molar-refractivity contribution in [3.63, 3.8) is 0 Å². The van der Waals surface area contributed by atoms with Crippen LogP contribution in [0, 0.1) is 0 Å². The fraction of sp³-hybridized carbons (Fsp3) is 0.368. The molecular formula is C19H23N3O. The van der Waals surface area contributed by atoms with Crippen molar-refractivity contribution >= 4 is 17.3 Å². The predicted octanol–water partition coefficient (Wildman–Crippen LogP) is 3.69. The lowest BCUT2D eigenvalue weighted by Crippen LogP contribution is -2.27. The van der Waals surface area contributed by atoms with Crippen molar-refractivity contribution in [2.75, 3.05) is 11.4 Å². The molecule has 1 aromatic heterocycles. The number of anilines is 2. The van der Waals surface area contributed by atoms with Gasteiger partial charge in [0, 0.05) is 30.2 Å². The van der Waals surface area contributed by atoms with Gasteiger partial charge in [-0.1, -0.05) is 31.5 Å². The highest BCUT2D eigenvalue weighted by atomic mass is 16.1. The number of rotatable bonds is 5. The quantitative estimate of drug-likeness (QED) is 0.857. The Hall–Kier alpha value is -2.36. The molecule has 0 saturated carbocycles. The zero-order valence-electron chi connectivity index (χ0n) is 13.7. The van der Waals surface area contributed by atoms with Crippen molar-refractivity contribution in [2.45, 2.75) is 39.2 Å². The average Bonchev–Trinajstić information content (AvgIpc) is 2.91. The van der Waals surface area contributed by atoms with Crippen molar-refractivity contribution in [3.8, 4) is 0 Å². The highest BCUT2D eigenvalue weighted by Gasteiger charge is 2.27. The maximum atomic E-state index is 12.2. The number of para-hydroxylation sites is 1. The monoisotopic (exact) mass is 309 g/mol. The molecular weight excluding hydrogens is 286 g/mol. The molecule has 4 nitrogen and oxygen atoms in total. The minimum Gasteiger partial charge on any atom is -0.351 e. The average molecular weight is 309 g/mol. The molecule has 0 spiro atoms. The minimum atomic E-state index is -0.0968. The van der Waals surface area contributed by atoms with Crippen LogP contribution in [-0.2, 0) is 6.42 Å². The summed E-state index contributed by atoms with van der Waals surface area (Å²) in [6.45, 7) is 5.02. The summed E-state index contributed by atoms with van der Waals surface area (Å²) in [5.41, 5.74) is 4.09. The Labute approximate surface area is 137 Å². The van der Waals surface area contributed by atoms with E-state index in [0.29, 0.717) is 18.3 Å². The standard InChI is InChI=1S/C19H23N3O/c1-3-4-10-21-19(23)17-13-16(9-11-20-17)22-14(2)12-15-7-5-6-8-18(15)22/h5-9,11,13-14H,3-4,10,12H2,1-2H3,(H,21,23). The molecule has 2 heterocycles. The number of carbonyl (C=O) groups excluding carboxylic acids is 1. The fourth-order valence-electron chi connectivity index (χ4n) is 3.12. The molecule has 0 bridgehead atoms. The number of unbranched alkanes of at least 4 members (excludes halogenated alkanes) is 1. The van der Waals surface area contributed by atoms with Crippen molar-refractivity contribution in [2.24, 2.45) is 0 Å². The molecule has 1 N–H and O–H groups in total. The summed E-state index contributed by atoms with van der Waals surface area (Å²) in [6.07, 6.45) is 4.80. The van der Waals surface area contributed by atoms with E-state index in [1.165, 1.54) is 11.3 Å². The van der Waals surface area contributed by atoms with Crippen molar-refractivity contribution in [1.29, 1.82) is 0 Å². The van der Waals surface area contributed by atoms with Gasteiger partial charge < -0.3 is 10.2 Å². The zero-order valence-corrected chi connectivity index (χ0v) is 13.7. The van der Waals surface area contributed by atoms with E-state index in [-0.39, 0.29) is 5.91 Å². The highest BCUT2D eigenvalue weighted by molar-refractivity contribution is 5.93. The Bertz CT molecular complexity index is 699. The van der Waals surface area contributed by atoms with E-state index >= 15 is 0 Å². The second-order valence-electron chi connectivity index (χ2n) is 6.06. The Morgan fingerprint density at radius 1 is 1.35 bits per heavy atom. The summed E-state index contributed by atoms with van der Waals surface area (Å²) in [7, 11) is 0. The summed E-state index contributed by atoms with van der Waals surface area (Å²) in [5, 5.41) is 2.93. The number of fused-ring (bicyclic) bond motifs is 1. The lowest BCUT2D eigenvalue weighted by Gasteiger charge is -2.25. The van der Waals surface area contributed by atoms with Crippen LogP contribution in [0.4, 0.5) is 11.4 Å². The smallest absolute Gasteiger partial charge is 0.269 e. The number of hydrogen-bond acceptors (Lipinski definition) is 3. The molecule has 0 saturated heterocycles. The van der Waals surface area contributed by atoms with E-state index in [1.807, 2.05) is 12.1 Å². The molecule has 2 aromatic rings. The largest absolute Gasteiger partial charge is 0.351 e. The predicted molar refractivity (Wildman–Crippen MR) is 93.2 cm³/mol. The third-order valence-electron chi connectivity index (χ3n) is 4.28. The maximum absolute atomic E-state index is 12.2. The Kier molecular flexibility index (Phi) is 4.60. The van der Waals surface area contributed by atoms with E-state index < -0.39 is 0 Å². The van der Waals surface area contributed by atoms with Crippen molar-refractivity contribution in [3.05, 3.63) is 53.9 Å². The summed E-state index contributed by atoms with van der Waals surface area (Å²) < 4.78 is 0. The van der Waals surface area contributed by atoms with Gasteiger partial charge in [0.2, 0.25) is 0 Å². The number of amides is 1. The van der Waals surface area contributed by atoms with Gasteiger partial charge in [-0.2, -0.15) is 0 Å². The van der Waals surface area contributed by atoms with Crippen molar-refractivity contribution < 1.29 is 4.79 Å². The van der Waals surface area contributed by atoms with Crippen molar-refractivity contribution in [1.82, 2.24) is 10.3 Å². The van der Waals surface area contributed by atoms with E-state index in [1.54, 1.807) is 6.20 Å². The fourth-order valence-corrected chi connectivity index (χ4v) is 3.12. The van der Waals surface area contributed by atoms with Gasteiger partial charge in [-0.25, -0.2) is 0 Å². The summed E-state index contributed by atoms with van der Waals surface area (Å²) in [5.74, 6) is -0.0968. The maximum Gasteiger partial charge on any atom is 0.269 e. The molecule has 0 radical (unpaired) electrons. The number of benzene rings is 1. The summed E-state index contributed by atoms with van der Waals surface area (Å²) in [6, 6.07) is 12.7. The van der Waals surface area contributed by atoms with Crippen LogP contribution >= 0.6 is 0 Å². The van der Waals surface area contributed by atoms with Gasteiger partial charge in [-0.05, 0) is 43.5 Å². The number of nitrogens with zero attached hydrogens (tertiary/aromatic N) is 2. The second kappa shape index (κ2) is 6.82. The van der Waals surface area contributed by atoms with Crippen LogP contribution in [0.2, 0.25) is 0 Å². The molecule has 23 heavy (non-hydrogen) atoms. The lowest BCUT2D eigenvalue weighted by molar-refractivity contribution is 0.0948. The Morgan fingerprint density at radius 2 is 2.17 bits per heavy atom. The van der Waals surface area contributed by atoms with Gasteiger partial charge in [0.05, 0.1) is 0 Å². The molecule has 1 aliphatic rings. The first-order valence-corrected chi connectivity index (χ1v) is 8.32. The molecule has 120 valence electrons. The van der Waals surface area contributed by atoms with Gasteiger partial charge in [0.15, 0.2) is 0 Å². The highest BCUT2D eigenvalue weighted by Crippen LogP contribution is 2.37. The molecule has 3 rings (SSSR count). The van der Waals surface area contributed by atoms with Gasteiger partial charge >= 0.3 is 0 Å². The number of hydrogen-bond donors (Lipinski definition) is 1. The summed E-state index contributed by atoms with van der Waals surface area (Å²) >= 11 is 0. The van der Waals surface area contributed by atoms with Crippen LogP contribution < -0.4 is 10.2 Å². The molecule has 0 aliphatic carbocycles. The van der Waals surface area contributed by atoms with Gasteiger partial charge in [0.25, 0.3) is 5.91 Å². The molecule has 0 fully saturated rings. The Morgan fingerprint density at radius 3 is 3.00 bits per heavy atom. The molecule has 1 amide bonds. The SMILES string of the molecule is CCCCNC(=O)c1cc(N2c3ccccc3CC2C)ccn1. The summed E-state index contributed by atoms with van der Waals surface area (Å²) in [4.78, 5) is 18.7. The first kappa shape index (κ1) is 15.5. The van der Waals surface area contributed by atoms with Gasteiger partial charge in [-0.15, -0.1) is 0 Å². The van der Waals surface area contributed by atoms with Gasteiger partial charge in [-0.3, -0.25) is 9.78 Å². The third kappa shape index (κ3) is 3.21. The Balaban J connectivity index is 1.84. The number of pyridine rings is 1. The van der Waals surface area contributed by atoms with E-state index in [4.69, 9.17) is 0 Å². The second-order valence-corrected chi connectivity index (χ2v) is 6.06. The first-order chi connectivity index (χ1) is 11.2. The molecule has 1 unspecified atom stereocenters. The zero-order chi connectivity index (χ0) is 16.2. The lowest BCUT2D eigenvalue weighted by atomic mass is 10.1. The topological polar surface area (TPSA) is 45.2 Å². The minimum absolute atomic E-state index is 0.0968. The van der Waals surface area contributed by atoms with Crippen LogP contribution in [0.3, 0.4) is 0 Å². The number of aromatic nitrogens is 1. The molecule has 4 heteroatoms. The van der Waals surface area contributed by atoms with Crippen LogP contribution in [0.25, 0.3) is 0 Å². The van der Waals surface area contributed by atoms with Crippen LogP contribution in [0.1, 0.15) is 42.7 Å². The molecule has 1 aliphatic heterocycles. The molecule has 1 aromatic carbocycles. The van der Waals surface area contributed by atoms with E-state index in [9.17, 15) is 4.79 Å². The molecule has 1 atom stereocenters. The van der Waals surface area contributed by atoms with Crippen LogP contribution in [-0.4, -0.2) is 23.5 Å². The van der Waals surface area contributed by atoms with Gasteiger partial charge in [0.1, 0.15) is 5.69 Å². The normalized spacial score (nSPS) is 16.3. The van der Waals surface area contributed by atoms with E-state index in [2.05, 4.69) is 53.3 Å². The number of carbonyl (C=O) groups is 1. The number of nitrogens with one attached hydrogen (secondary N) is 1. The third-order valence-corrected chi connectivity index (χ3v) is 4.28. The van der Waals surface area contributed by atoms with Crippen LogP contribution in [0.5, 0.6) is 0 Å². The van der Waals surface area contributed by atoms with Crippen LogP contribution in [0.15, 0.2) is 42.6 Å².